The molecule has 1 aromatic heterocycles. The van der Waals surface area contributed by atoms with Crippen LogP contribution in [-0.2, 0) is 17.4 Å². The molecule has 2 N–H and O–H groups in total. The lowest BCUT2D eigenvalue weighted by Gasteiger charge is -2.28. The number of rotatable bonds is 6. The molecule has 4 nitrogen and oxygen atoms in total. The third-order valence-corrected chi connectivity index (χ3v) is 7.58. The van der Waals surface area contributed by atoms with Crippen LogP contribution in [0.3, 0.4) is 0 Å². The summed E-state index contributed by atoms with van der Waals surface area (Å²) in [5.74, 6) is 0.594. The first-order chi connectivity index (χ1) is 17.7. The number of aromatic nitrogens is 2. The molecule has 0 saturated heterocycles. The number of nitrogens with one attached hydrogen (secondary N) is 1. The van der Waals surface area contributed by atoms with Gasteiger partial charge in [-0.3, -0.25) is 4.79 Å². The van der Waals surface area contributed by atoms with Gasteiger partial charge in [-0.05, 0) is 78.3 Å². The number of nitrogens with zero attached hydrogens (tertiary/aromatic N) is 1. The third-order valence-electron chi connectivity index (χ3n) is 7.58. The summed E-state index contributed by atoms with van der Waals surface area (Å²) in [6.07, 6.45) is 0.109. The van der Waals surface area contributed by atoms with Crippen molar-refractivity contribution in [2.45, 2.75) is 57.5 Å². The van der Waals surface area contributed by atoms with Crippen molar-refractivity contribution in [3.8, 4) is 22.5 Å². The molecule has 1 saturated carbocycles. The van der Waals surface area contributed by atoms with E-state index in [9.17, 15) is 18.0 Å². The number of alkyl halides is 3. The van der Waals surface area contributed by atoms with Crippen molar-refractivity contribution in [2.75, 3.05) is 0 Å². The maximum absolute atomic E-state index is 13.4. The number of aromatic amines is 1. The molecular weight excluding hydrogens is 477 g/mol. The summed E-state index contributed by atoms with van der Waals surface area (Å²) in [6, 6.07) is 19.1. The highest BCUT2D eigenvalue weighted by Gasteiger charge is 2.33. The van der Waals surface area contributed by atoms with Gasteiger partial charge in [-0.1, -0.05) is 55.5 Å². The van der Waals surface area contributed by atoms with Crippen molar-refractivity contribution in [3.05, 3.63) is 77.4 Å². The van der Waals surface area contributed by atoms with Crippen LogP contribution in [0.1, 0.15) is 61.6 Å². The first-order valence-electron chi connectivity index (χ1n) is 12.7. The molecule has 192 valence electrons. The Morgan fingerprint density at radius 2 is 1.54 bits per heavy atom. The molecule has 0 bridgehead atoms. The fourth-order valence-corrected chi connectivity index (χ4v) is 5.51. The summed E-state index contributed by atoms with van der Waals surface area (Å²) in [5, 5.41) is 9.02. The minimum atomic E-state index is -4.41. The summed E-state index contributed by atoms with van der Waals surface area (Å²) in [4.78, 5) is 18.6. The van der Waals surface area contributed by atoms with Crippen molar-refractivity contribution in [1.82, 2.24) is 9.97 Å². The molecule has 7 heteroatoms. The van der Waals surface area contributed by atoms with E-state index in [-0.39, 0.29) is 12.0 Å². The molecule has 0 radical (unpaired) electrons. The van der Waals surface area contributed by atoms with E-state index >= 15 is 0 Å². The van der Waals surface area contributed by atoms with Gasteiger partial charge in [0.05, 0.1) is 16.6 Å². The second kappa shape index (κ2) is 10.0. The van der Waals surface area contributed by atoms with Crippen LogP contribution in [0.5, 0.6) is 0 Å². The maximum Gasteiger partial charge on any atom is 0.416 e. The van der Waals surface area contributed by atoms with Crippen LogP contribution in [0, 0.1) is 5.92 Å². The van der Waals surface area contributed by atoms with Gasteiger partial charge in [0, 0.05) is 12.0 Å². The zero-order valence-corrected chi connectivity index (χ0v) is 20.6. The van der Waals surface area contributed by atoms with Gasteiger partial charge in [-0.25, -0.2) is 4.98 Å². The lowest BCUT2D eigenvalue weighted by atomic mass is 9.77. The van der Waals surface area contributed by atoms with Gasteiger partial charge < -0.3 is 10.1 Å². The number of carbonyl (C=O) groups is 1. The van der Waals surface area contributed by atoms with E-state index in [1.54, 1.807) is 13.0 Å². The quantitative estimate of drug-likeness (QED) is 0.277. The molecule has 1 aliphatic carbocycles. The van der Waals surface area contributed by atoms with E-state index in [1.807, 2.05) is 24.3 Å². The molecule has 1 fully saturated rings. The standard InChI is InChI=1S/C30H29F3N2O2/c1-2-19-16-26-27(17-25(19)30(31,32)33)35-29(34-26)24-13-11-23(12-14-24)22-9-7-21(8-10-22)20-5-3-18(4-6-20)15-28(36)37/h7-14,16-18,20H,2-6,15H2,1H3,(H,34,35)(H,36,37). The number of hydrogen-bond acceptors (Lipinski definition) is 2. The Bertz CT molecular complexity index is 1400. The number of hydrogen-bond donors (Lipinski definition) is 2. The second-order valence-electron chi connectivity index (χ2n) is 9.98. The van der Waals surface area contributed by atoms with Gasteiger partial charge in [0.15, 0.2) is 0 Å². The maximum atomic E-state index is 13.4. The minimum absolute atomic E-state index is 0.252. The van der Waals surface area contributed by atoms with Crippen LogP contribution < -0.4 is 0 Å². The number of aliphatic carboxylic acids is 1. The van der Waals surface area contributed by atoms with Crippen LogP contribution in [0.25, 0.3) is 33.5 Å². The van der Waals surface area contributed by atoms with E-state index < -0.39 is 17.7 Å². The Morgan fingerprint density at radius 3 is 2.11 bits per heavy atom. The van der Waals surface area contributed by atoms with Crippen molar-refractivity contribution < 1.29 is 23.1 Å². The SMILES string of the molecule is CCc1cc2[nH]c(-c3ccc(-c4ccc(C5CCC(CC(=O)O)CC5)cc4)cc3)nc2cc1C(F)(F)F. The Labute approximate surface area is 213 Å². The summed E-state index contributed by atoms with van der Waals surface area (Å²) in [5.41, 5.74) is 4.75. The van der Waals surface area contributed by atoms with Gasteiger partial charge in [0.25, 0.3) is 0 Å². The van der Waals surface area contributed by atoms with E-state index in [1.165, 1.54) is 5.56 Å². The molecule has 0 aliphatic heterocycles. The Kier molecular flexibility index (Phi) is 6.80. The molecule has 0 spiro atoms. The minimum Gasteiger partial charge on any atom is -0.481 e. The molecular formula is C30H29F3N2O2. The molecule has 4 aromatic rings. The zero-order chi connectivity index (χ0) is 26.2. The molecule has 5 rings (SSSR count). The van der Waals surface area contributed by atoms with E-state index in [0.29, 0.717) is 35.1 Å². The highest BCUT2D eigenvalue weighted by molar-refractivity contribution is 5.81. The highest BCUT2D eigenvalue weighted by Crippen LogP contribution is 2.38. The lowest BCUT2D eigenvalue weighted by molar-refractivity contribution is -0.139. The number of carboxylic acids is 1. The molecule has 0 unspecified atom stereocenters. The summed E-state index contributed by atoms with van der Waals surface area (Å²) in [7, 11) is 0. The van der Waals surface area contributed by atoms with Crippen molar-refractivity contribution in [2.24, 2.45) is 5.92 Å². The number of H-pyrrole nitrogens is 1. The first-order valence-corrected chi connectivity index (χ1v) is 12.7. The number of fused-ring (bicyclic) bond motifs is 1. The average Bonchev–Trinajstić information content (AvgIpc) is 3.31. The van der Waals surface area contributed by atoms with Crippen molar-refractivity contribution >= 4 is 17.0 Å². The molecule has 0 amide bonds. The molecule has 1 aliphatic rings. The molecule has 3 aromatic carbocycles. The summed E-state index contributed by atoms with van der Waals surface area (Å²) >= 11 is 0. The van der Waals surface area contributed by atoms with Gasteiger partial charge in [-0.2, -0.15) is 13.2 Å². The smallest absolute Gasteiger partial charge is 0.416 e. The van der Waals surface area contributed by atoms with Gasteiger partial charge in [-0.15, -0.1) is 0 Å². The number of aryl methyl sites for hydroxylation is 1. The normalized spacial score (nSPS) is 18.3. The summed E-state index contributed by atoms with van der Waals surface area (Å²) in [6.45, 7) is 1.71. The second-order valence-corrected chi connectivity index (χ2v) is 9.98. The van der Waals surface area contributed by atoms with E-state index in [0.717, 1.165) is 48.4 Å². The predicted octanol–water partition coefficient (Wildman–Crippen LogP) is 8.23. The number of halogens is 3. The predicted molar refractivity (Wildman–Crippen MR) is 138 cm³/mol. The Morgan fingerprint density at radius 1 is 0.946 bits per heavy atom. The van der Waals surface area contributed by atoms with Crippen molar-refractivity contribution in [3.63, 3.8) is 0 Å². The Balaban J connectivity index is 1.31. The van der Waals surface area contributed by atoms with Crippen LogP contribution in [0.4, 0.5) is 13.2 Å². The van der Waals surface area contributed by atoms with E-state index in [2.05, 4.69) is 34.2 Å². The van der Waals surface area contributed by atoms with Crippen LogP contribution in [0.2, 0.25) is 0 Å². The first kappa shape index (κ1) is 25.1. The van der Waals surface area contributed by atoms with E-state index in [4.69, 9.17) is 5.11 Å². The lowest BCUT2D eigenvalue weighted by Crippen LogP contribution is -2.16. The largest absolute Gasteiger partial charge is 0.481 e. The number of benzene rings is 3. The van der Waals surface area contributed by atoms with Gasteiger partial charge >= 0.3 is 12.1 Å². The summed E-state index contributed by atoms with van der Waals surface area (Å²) < 4.78 is 40.3. The fourth-order valence-electron chi connectivity index (χ4n) is 5.51. The van der Waals surface area contributed by atoms with Gasteiger partial charge in [0.2, 0.25) is 0 Å². The van der Waals surface area contributed by atoms with Crippen LogP contribution in [0.15, 0.2) is 60.7 Å². The monoisotopic (exact) mass is 506 g/mol. The third kappa shape index (κ3) is 5.41. The number of imidazole rings is 1. The van der Waals surface area contributed by atoms with Crippen LogP contribution >= 0.6 is 0 Å². The number of carboxylic acid groups (broad SMARTS) is 1. The Hall–Kier alpha value is -3.61. The average molecular weight is 507 g/mol. The zero-order valence-electron chi connectivity index (χ0n) is 20.6. The van der Waals surface area contributed by atoms with Gasteiger partial charge in [0.1, 0.15) is 5.82 Å². The highest BCUT2D eigenvalue weighted by atomic mass is 19.4. The molecule has 1 heterocycles. The van der Waals surface area contributed by atoms with Crippen LogP contribution in [-0.4, -0.2) is 21.0 Å². The topological polar surface area (TPSA) is 66.0 Å². The fraction of sp³-hybridized carbons (Fsp3) is 0.333. The molecule has 37 heavy (non-hydrogen) atoms. The van der Waals surface area contributed by atoms with Crippen molar-refractivity contribution in [1.29, 1.82) is 0 Å². The molecule has 0 atom stereocenters.